The Kier molecular flexibility index (Phi) is 7.29. The monoisotopic (exact) mass is 546 g/mol. The molecule has 1 saturated carbocycles. The van der Waals surface area contributed by atoms with Gasteiger partial charge in [-0.1, -0.05) is 30.3 Å². The van der Waals surface area contributed by atoms with Crippen molar-refractivity contribution < 1.29 is 28.8 Å². The second-order valence-electron chi connectivity index (χ2n) is 11.0. The van der Waals surface area contributed by atoms with Crippen molar-refractivity contribution in [2.24, 2.45) is 0 Å². The summed E-state index contributed by atoms with van der Waals surface area (Å²) in [4.78, 5) is 60.0. The molecule has 3 heterocycles. The van der Waals surface area contributed by atoms with Crippen LogP contribution in [-0.2, 0) is 32.4 Å². The molecule has 2 aromatic carbocycles. The Balaban J connectivity index is 1.08. The van der Waals surface area contributed by atoms with E-state index in [4.69, 9.17) is 4.74 Å². The molecule has 2 aromatic rings. The lowest BCUT2D eigenvalue weighted by molar-refractivity contribution is -0.200. The van der Waals surface area contributed by atoms with Crippen LogP contribution in [0.3, 0.4) is 0 Å². The summed E-state index contributed by atoms with van der Waals surface area (Å²) < 4.78 is 6.16. The maximum absolute atomic E-state index is 13.2. The Bertz CT molecular complexity index is 1300. The molecule has 10 heteroatoms. The summed E-state index contributed by atoms with van der Waals surface area (Å²) in [6.45, 7) is 7.33. The first-order valence-corrected chi connectivity index (χ1v) is 14.0. The van der Waals surface area contributed by atoms with Crippen LogP contribution in [0.25, 0.3) is 0 Å². The Hall–Kier alpha value is -3.76. The summed E-state index contributed by atoms with van der Waals surface area (Å²) in [6.07, 6.45) is 2.89. The minimum absolute atomic E-state index is 0.000981. The van der Waals surface area contributed by atoms with Crippen molar-refractivity contribution in [2.75, 3.05) is 26.2 Å². The van der Waals surface area contributed by atoms with E-state index in [1.807, 2.05) is 6.07 Å². The first-order chi connectivity index (χ1) is 19.4. The third kappa shape index (κ3) is 5.09. The third-order valence-electron chi connectivity index (χ3n) is 8.64. The van der Waals surface area contributed by atoms with Gasteiger partial charge in [0.2, 0.25) is 0 Å². The fourth-order valence-electron chi connectivity index (χ4n) is 6.09. The SMILES string of the molecule is C[C@H](c1ccc(COc2cccc3c2CN([C@H]2CCC(=O)N(OC=O)C2=O)C3=O)cc1)N1CCN(C2CC2)CC1. The molecule has 0 unspecified atom stereocenters. The van der Waals surface area contributed by atoms with E-state index in [0.717, 1.165) is 37.8 Å². The summed E-state index contributed by atoms with van der Waals surface area (Å²) in [5.41, 5.74) is 3.48. The number of piperidine rings is 1. The number of hydrogen-bond donors (Lipinski definition) is 0. The highest BCUT2D eigenvalue weighted by molar-refractivity contribution is 6.05. The van der Waals surface area contributed by atoms with Crippen LogP contribution in [0.1, 0.15) is 65.7 Å². The molecule has 1 aliphatic carbocycles. The van der Waals surface area contributed by atoms with Crippen LogP contribution >= 0.6 is 0 Å². The van der Waals surface area contributed by atoms with Gasteiger partial charge >= 0.3 is 6.47 Å². The number of amides is 3. The Labute approximate surface area is 233 Å². The van der Waals surface area contributed by atoms with Gasteiger partial charge in [-0.25, -0.2) is 0 Å². The molecule has 40 heavy (non-hydrogen) atoms. The zero-order valence-electron chi connectivity index (χ0n) is 22.7. The molecule has 3 fully saturated rings. The van der Waals surface area contributed by atoms with E-state index in [9.17, 15) is 19.2 Å². The van der Waals surface area contributed by atoms with Crippen LogP contribution in [0.15, 0.2) is 42.5 Å². The van der Waals surface area contributed by atoms with Crippen LogP contribution in [-0.4, -0.2) is 82.2 Å². The molecule has 2 atom stereocenters. The zero-order chi connectivity index (χ0) is 27.8. The maximum atomic E-state index is 13.2. The van der Waals surface area contributed by atoms with Gasteiger partial charge in [-0.05, 0) is 49.4 Å². The van der Waals surface area contributed by atoms with E-state index < -0.39 is 17.9 Å². The second kappa shape index (κ2) is 11.0. The predicted octanol–water partition coefficient (Wildman–Crippen LogP) is 2.67. The minimum Gasteiger partial charge on any atom is -0.489 e. The van der Waals surface area contributed by atoms with Crippen LogP contribution in [0.5, 0.6) is 5.75 Å². The number of imide groups is 1. The van der Waals surface area contributed by atoms with Gasteiger partial charge in [-0.15, -0.1) is 5.06 Å². The van der Waals surface area contributed by atoms with E-state index in [0.29, 0.717) is 34.6 Å². The van der Waals surface area contributed by atoms with E-state index >= 15 is 0 Å². The Morgan fingerprint density at radius 1 is 0.975 bits per heavy atom. The molecule has 210 valence electrons. The van der Waals surface area contributed by atoms with Crippen molar-refractivity contribution in [1.82, 2.24) is 19.8 Å². The average molecular weight is 547 g/mol. The first-order valence-electron chi connectivity index (χ1n) is 14.0. The van der Waals surface area contributed by atoms with Crippen LogP contribution in [0, 0.1) is 0 Å². The van der Waals surface area contributed by atoms with Gasteiger partial charge in [0.15, 0.2) is 0 Å². The van der Waals surface area contributed by atoms with E-state index in [1.165, 1.54) is 23.3 Å². The van der Waals surface area contributed by atoms with Gasteiger partial charge < -0.3 is 14.5 Å². The van der Waals surface area contributed by atoms with Crippen LogP contribution in [0.2, 0.25) is 0 Å². The fraction of sp³-hybridized carbons (Fsp3) is 0.467. The largest absolute Gasteiger partial charge is 0.489 e. The number of rotatable bonds is 9. The number of piperazine rings is 1. The predicted molar refractivity (Wildman–Crippen MR) is 144 cm³/mol. The molecule has 0 spiro atoms. The van der Waals surface area contributed by atoms with Crippen LogP contribution in [0.4, 0.5) is 0 Å². The van der Waals surface area contributed by atoms with E-state index in [2.05, 4.69) is 45.8 Å². The molecule has 0 radical (unpaired) electrons. The van der Waals surface area contributed by atoms with Gasteiger partial charge in [0.25, 0.3) is 17.7 Å². The molecule has 4 aliphatic rings. The van der Waals surface area contributed by atoms with Crippen molar-refractivity contribution in [3.63, 3.8) is 0 Å². The molecule has 0 N–H and O–H groups in total. The summed E-state index contributed by atoms with van der Waals surface area (Å²) in [6, 6.07) is 14.1. The standard InChI is InChI=1S/C30H34N4O6/c1-20(31-13-15-32(16-14-31)23-9-10-23)22-7-5-21(6-8-22)18-39-27-4-2-3-24-25(27)17-33(29(24)37)26-11-12-28(36)34(30(26)38)40-19-35/h2-8,19-20,23,26H,9-18H2,1H3/t20-,26+/m1/s1. The molecule has 6 rings (SSSR count). The number of carbonyl (C=O) groups is 4. The van der Waals surface area contributed by atoms with Crippen molar-refractivity contribution in [3.8, 4) is 5.75 Å². The molecule has 2 saturated heterocycles. The lowest BCUT2D eigenvalue weighted by Gasteiger charge is -2.38. The molecule has 3 amide bonds. The Morgan fingerprint density at radius 3 is 2.42 bits per heavy atom. The number of ether oxygens (including phenoxy) is 1. The quantitative estimate of drug-likeness (QED) is 0.350. The average Bonchev–Trinajstić information content (AvgIpc) is 3.78. The molecular formula is C30H34N4O6. The number of hydrogen-bond acceptors (Lipinski definition) is 8. The van der Waals surface area contributed by atoms with Crippen molar-refractivity contribution in [1.29, 1.82) is 0 Å². The van der Waals surface area contributed by atoms with Gasteiger partial charge in [0.1, 0.15) is 18.4 Å². The summed E-state index contributed by atoms with van der Waals surface area (Å²) >= 11 is 0. The number of benzene rings is 2. The van der Waals surface area contributed by atoms with Crippen molar-refractivity contribution in [2.45, 2.75) is 63.9 Å². The summed E-state index contributed by atoms with van der Waals surface area (Å²) in [5.74, 6) is -1.04. The van der Waals surface area contributed by atoms with Crippen molar-refractivity contribution >= 4 is 24.2 Å². The Morgan fingerprint density at radius 2 is 1.73 bits per heavy atom. The molecule has 10 nitrogen and oxygen atoms in total. The number of hydroxylamine groups is 2. The smallest absolute Gasteiger partial charge is 0.321 e. The highest BCUT2D eigenvalue weighted by Crippen LogP contribution is 2.35. The van der Waals surface area contributed by atoms with Gasteiger partial charge in [0, 0.05) is 55.8 Å². The van der Waals surface area contributed by atoms with Gasteiger partial charge in [0.05, 0.1) is 6.54 Å². The van der Waals surface area contributed by atoms with Gasteiger partial charge in [-0.2, -0.15) is 0 Å². The topological polar surface area (TPSA) is 99.7 Å². The number of nitrogens with zero attached hydrogens (tertiary/aromatic N) is 4. The summed E-state index contributed by atoms with van der Waals surface area (Å²) in [7, 11) is 0. The van der Waals surface area contributed by atoms with E-state index in [1.54, 1.807) is 12.1 Å². The zero-order valence-corrected chi connectivity index (χ0v) is 22.7. The second-order valence-corrected chi connectivity index (χ2v) is 11.0. The number of fused-ring (bicyclic) bond motifs is 1. The lowest BCUT2D eigenvalue weighted by Crippen LogP contribution is -2.54. The fourth-order valence-corrected chi connectivity index (χ4v) is 6.09. The van der Waals surface area contributed by atoms with E-state index in [-0.39, 0.29) is 31.8 Å². The van der Waals surface area contributed by atoms with Crippen LogP contribution < -0.4 is 4.74 Å². The first kappa shape index (κ1) is 26.5. The minimum atomic E-state index is -0.892. The maximum Gasteiger partial charge on any atom is 0.321 e. The summed E-state index contributed by atoms with van der Waals surface area (Å²) in [5, 5.41) is 0.452. The van der Waals surface area contributed by atoms with Crippen molar-refractivity contribution in [3.05, 3.63) is 64.7 Å². The number of carbonyl (C=O) groups excluding carboxylic acids is 4. The molecule has 0 aromatic heterocycles. The van der Waals surface area contributed by atoms with Gasteiger partial charge in [-0.3, -0.25) is 29.0 Å². The molecule has 3 aliphatic heterocycles. The highest BCUT2D eigenvalue weighted by Gasteiger charge is 2.44. The molecule has 0 bridgehead atoms. The highest BCUT2D eigenvalue weighted by atomic mass is 16.7. The third-order valence-corrected chi connectivity index (χ3v) is 8.64. The molecular weight excluding hydrogens is 512 g/mol. The lowest BCUT2D eigenvalue weighted by atomic mass is 10.0. The normalized spacial score (nSPS) is 22.8.